The molecular formula is C19H21FN4O4. The molecule has 8 nitrogen and oxygen atoms in total. The summed E-state index contributed by atoms with van der Waals surface area (Å²) in [6.07, 6.45) is -0.972. The Labute approximate surface area is 161 Å². The van der Waals surface area contributed by atoms with Crippen molar-refractivity contribution >= 4 is 29.2 Å². The van der Waals surface area contributed by atoms with Crippen molar-refractivity contribution < 1.29 is 23.8 Å². The van der Waals surface area contributed by atoms with E-state index in [0.717, 1.165) is 0 Å². The topological polar surface area (TPSA) is 94.1 Å². The number of nitrogens with one attached hydrogen (secondary N) is 2. The molecule has 0 aliphatic carbocycles. The fourth-order valence-corrected chi connectivity index (χ4v) is 3.01. The molecule has 0 atom stereocenters. The first-order valence-corrected chi connectivity index (χ1v) is 8.71. The van der Waals surface area contributed by atoms with Gasteiger partial charge in [-0.2, -0.15) is 0 Å². The number of methoxy groups -OCH3 is 1. The van der Waals surface area contributed by atoms with E-state index in [4.69, 9.17) is 9.84 Å². The zero-order chi connectivity index (χ0) is 20.1. The number of anilines is 3. The summed E-state index contributed by atoms with van der Waals surface area (Å²) in [4.78, 5) is 26.2. The van der Waals surface area contributed by atoms with Gasteiger partial charge in [-0.15, -0.1) is 0 Å². The van der Waals surface area contributed by atoms with Crippen molar-refractivity contribution in [3.05, 3.63) is 48.3 Å². The summed E-state index contributed by atoms with van der Waals surface area (Å²) in [6, 6.07) is 10.8. The monoisotopic (exact) mass is 388 g/mol. The van der Waals surface area contributed by atoms with Gasteiger partial charge in [0, 0.05) is 31.9 Å². The number of piperazine rings is 1. The highest BCUT2D eigenvalue weighted by Crippen LogP contribution is 2.25. The second kappa shape index (κ2) is 8.47. The molecule has 0 unspecified atom stereocenters. The molecule has 1 aliphatic rings. The minimum absolute atomic E-state index is 0.304. The average Bonchev–Trinajstić information content (AvgIpc) is 2.68. The van der Waals surface area contributed by atoms with Crippen LogP contribution in [0.5, 0.6) is 5.75 Å². The number of amides is 3. The Hall–Kier alpha value is -3.49. The van der Waals surface area contributed by atoms with E-state index in [2.05, 4.69) is 10.6 Å². The van der Waals surface area contributed by atoms with Crippen LogP contribution in [0.25, 0.3) is 0 Å². The number of hydrogen-bond donors (Lipinski definition) is 3. The standard InChI is InChI=1S/C19H21FN4O4/c1-28-17-5-3-2-4-15(17)22-18(25)21-13-6-7-16(14(20)12-13)23-8-10-24(11-9-23)19(26)27/h2-7,12H,8-11H2,1H3,(H,26,27)(H2,21,22,25). The highest BCUT2D eigenvalue weighted by Gasteiger charge is 2.22. The predicted octanol–water partition coefficient (Wildman–Crippen LogP) is 3.28. The largest absolute Gasteiger partial charge is 0.495 e. The third kappa shape index (κ3) is 4.43. The van der Waals surface area contributed by atoms with Crippen LogP contribution in [0.1, 0.15) is 0 Å². The van der Waals surface area contributed by atoms with Crippen molar-refractivity contribution in [3.8, 4) is 5.75 Å². The molecule has 2 aromatic carbocycles. The van der Waals surface area contributed by atoms with E-state index in [9.17, 15) is 14.0 Å². The number of para-hydroxylation sites is 2. The first-order valence-electron chi connectivity index (χ1n) is 8.71. The van der Waals surface area contributed by atoms with Crippen LogP contribution < -0.4 is 20.3 Å². The number of rotatable bonds is 4. The minimum Gasteiger partial charge on any atom is -0.495 e. The molecule has 0 aromatic heterocycles. The molecule has 0 radical (unpaired) electrons. The van der Waals surface area contributed by atoms with Crippen LogP contribution in [-0.4, -0.2) is 55.4 Å². The SMILES string of the molecule is COc1ccccc1NC(=O)Nc1ccc(N2CCN(C(=O)O)CC2)c(F)c1. The number of carbonyl (C=O) groups excluding carboxylic acids is 1. The normalized spacial score (nSPS) is 13.8. The van der Waals surface area contributed by atoms with Gasteiger partial charge < -0.3 is 30.3 Å². The molecule has 0 spiro atoms. The van der Waals surface area contributed by atoms with Crippen molar-refractivity contribution in [2.45, 2.75) is 0 Å². The number of hydrogen-bond acceptors (Lipinski definition) is 4. The summed E-state index contributed by atoms with van der Waals surface area (Å²) in [6.45, 7) is 1.45. The molecule has 1 fully saturated rings. The zero-order valence-corrected chi connectivity index (χ0v) is 15.3. The summed E-state index contributed by atoms with van der Waals surface area (Å²) in [5, 5.41) is 14.2. The zero-order valence-electron chi connectivity index (χ0n) is 15.3. The summed E-state index contributed by atoms with van der Waals surface area (Å²) in [7, 11) is 1.50. The van der Waals surface area contributed by atoms with Crippen LogP contribution >= 0.6 is 0 Å². The van der Waals surface area contributed by atoms with Gasteiger partial charge in [0.25, 0.3) is 0 Å². The lowest BCUT2D eigenvalue weighted by atomic mass is 10.2. The molecule has 28 heavy (non-hydrogen) atoms. The highest BCUT2D eigenvalue weighted by molar-refractivity contribution is 6.00. The van der Waals surface area contributed by atoms with Gasteiger partial charge >= 0.3 is 12.1 Å². The van der Waals surface area contributed by atoms with Gasteiger partial charge in [0.2, 0.25) is 0 Å². The van der Waals surface area contributed by atoms with E-state index >= 15 is 0 Å². The van der Waals surface area contributed by atoms with Crippen LogP contribution in [0.3, 0.4) is 0 Å². The van der Waals surface area contributed by atoms with Gasteiger partial charge in [-0.3, -0.25) is 0 Å². The predicted molar refractivity (Wildman–Crippen MR) is 104 cm³/mol. The Morgan fingerprint density at radius 3 is 2.43 bits per heavy atom. The fraction of sp³-hybridized carbons (Fsp3) is 0.263. The first kappa shape index (κ1) is 19.3. The van der Waals surface area contributed by atoms with Gasteiger partial charge in [0.05, 0.1) is 18.5 Å². The van der Waals surface area contributed by atoms with Crippen LogP contribution in [0, 0.1) is 5.82 Å². The lowest BCUT2D eigenvalue weighted by Gasteiger charge is -2.34. The lowest BCUT2D eigenvalue weighted by molar-refractivity contribution is 0.142. The van der Waals surface area contributed by atoms with Crippen molar-refractivity contribution in [1.82, 2.24) is 4.90 Å². The summed E-state index contributed by atoms with van der Waals surface area (Å²) in [5.41, 5.74) is 1.18. The smallest absolute Gasteiger partial charge is 0.407 e. The van der Waals surface area contributed by atoms with Gasteiger partial charge in [-0.1, -0.05) is 12.1 Å². The van der Waals surface area contributed by atoms with Gasteiger partial charge in [0.1, 0.15) is 11.6 Å². The van der Waals surface area contributed by atoms with E-state index in [1.165, 1.54) is 18.1 Å². The summed E-state index contributed by atoms with van der Waals surface area (Å²) < 4.78 is 19.7. The van der Waals surface area contributed by atoms with E-state index in [1.54, 1.807) is 41.3 Å². The molecule has 2 aromatic rings. The number of urea groups is 1. The van der Waals surface area contributed by atoms with Crippen LogP contribution in [-0.2, 0) is 0 Å². The second-order valence-corrected chi connectivity index (χ2v) is 6.20. The summed E-state index contributed by atoms with van der Waals surface area (Å²) >= 11 is 0. The molecule has 1 aliphatic heterocycles. The van der Waals surface area contributed by atoms with Crippen LogP contribution in [0.15, 0.2) is 42.5 Å². The minimum atomic E-state index is -0.972. The molecule has 148 valence electrons. The molecular weight excluding hydrogens is 367 g/mol. The van der Waals surface area contributed by atoms with Crippen molar-refractivity contribution in [1.29, 1.82) is 0 Å². The first-order chi connectivity index (χ1) is 13.5. The molecule has 9 heteroatoms. The number of nitrogens with zero attached hydrogens (tertiary/aromatic N) is 2. The maximum Gasteiger partial charge on any atom is 0.407 e. The third-order valence-electron chi connectivity index (χ3n) is 4.45. The van der Waals surface area contributed by atoms with Crippen LogP contribution in [0.2, 0.25) is 0 Å². The van der Waals surface area contributed by atoms with E-state index < -0.39 is 17.9 Å². The number of carbonyl (C=O) groups is 2. The molecule has 0 saturated carbocycles. The number of halogens is 1. The molecule has 3 rings (SSSR count). The van der Waals surface area contributed by atoms with Gasteiger partial charge in [-0.05, 0) is 30.3 Å². The Kier molecular flexibility index (Phi) is 5.83. The second-order valence-electron chi connectivity index (χ2n) is 6.20. The van der Waals surface area contributed by atoms with Gasteiger partial charge in [0.15, 0.2) is 0 Å². The Balaban J connectivity index is 1.62. The lowest BCUT2D eigenvalue weighted by Crippen LogP contribution is -2.48. The van der Waals surface area contributed by atoms with Crippen molar-refractivity contribution in [2.24, 2.45) is 0 Å². The molecule has 3 amide bonds. The van der Waals surface area contributed by atoms with E-state index in [-0.39, 0.29) is 0 Å². The van der Waals surface area contributed by atoms with Crippen molar-refractivity contribution in [2.75, 3.05) is 48.8 Å². The maximum atomic E-state index is 14.5. The Bertz CT molecular complexity index is 869. The highest BCUT2D eigenvalue weighted by atomic mass is 19.1. The van der Waals surface area contributed by atoms with Gasteiger partial charge in [-0.25, -0.2) is 14.0 Å². The molecule has 1 heterocycles. The number of carboxylic acid groups (broad SMARTS) is 1. The summed E-state index contributed by atoms with van der Waals surface area (Å²) in [5.74, 6) is 0.0264. The average molecular weight is 388 g/mol. The molecule has 3 N–H and O–H groups in total. The maximum absolute atomic E-state index is 14.5. The quantitative estimate of drug-likeness (QED) is 0.747. The molecule has 1 saturated heterocycles. The number of benzene rings is 2. The van der Waals surface area contributed by atoms with E-state index in [0.29, 0.717) is 49.0 Å². The Morgan fingerprint density at radius 2 is 1.79 bits per heavy atom. The molecule has 0 bridgehead atoms. The Morgan fingerprint density at radius 1 is 1.07 bits per heavy atom. The number of ether oxygens (including phenoxy) is 1. The van der Waals surface area contributed by atoms with Crippen molar-refractivity contribution in [3.63, 3.8) is 0 Å². The fourth-order valence-electron chi connectivity index (χ4n) is 3.01. The van der Waals surface area contributed by atoms with E-state index in [1.807, 2.05) is 0 Å². The van der Waals surface area contributed by atoms with Crippen LogP contribution in [0.4, 0.5) is 31.0 Å². The third-order valence-corrected chi connectivity index (χ3v) is 4.45.